The van der Waals surface area contributed by atoms with Gasteiger partial charge in [0, 0.05) is 30.1 Å². The minimum absolute atomic E-state index is 0.139. The number of aryl methyl sites for hydroxylation is 1. The van der Waals surface area contributed by atoms with E-state index in [4.69, 9.17) is 4.74 Å². The lowest BCUT2D eigenvalue weighted by Gasteiger charge is -2.14. The summed E-state index contributed by atoms with van der Waals surface area (Å²) in [6, 6.07) is 6.10. The molecular formula is C22H28N4O2S2. The molecule has 4 rings (SSSR count). The lowest BCUT2D eigenvalue weighted by molar-refractivity contribution is 0.0953. The SMILES string of the molecule is CCCn1c(C)cc(C(=O)CSc2nnc(-c3cccs3)n2CC2CCCO2)c1C. The van der Waals surface area contributed by atoms with Gasteiger partial charge in [-0.2, -0.15) is 0 Å². The number of aromatic nitrogens is 4. The van der Waals surface area contributed by atoms with Crippen molar-refractivity contribution in [2.75, 3.05) is 12.4 Å². The molecule has 30 heavy (non-hydrogen) atoms. The van der Waals surface area contributed by atoms with Gasteiger partial charge in [-0.25, -0.2) is 0 Å². The van der Waals surface area contributed by atoms with E-state index in [0.29, 0.717) is 5.75 Å². The lowest BCUT2D eigenvalue weighted by atomic mass is 10.2. The predicted octanol–water partition coefficient (Wildman–Crippen LogP) is 4.99. The van der Waals surface area contributed by atoms with Crippen LogP contribution in [0.4, 0.5) is 0 Å². The summed E-state index contributed by atoms with van der Waals surface area (Å²) >= 11 is 3.12. The van der Waals surface area contributed by atoms with Crippen molar-refractivity contribution in [2.45, 2.75) is 64.4 Å². The number of rotatable bonds is 9. The van der Waals surface area contributed by atoms with Gasteiger partial charge < -0.3 is 9.30 Å². The molecule has 160 valence electrons. The van der Waals surface area contributed by atoms with E-state index in [1.807, 2.05) is 24.4 Å². The number of carbonyl (C=O) groups is 1. The second kappa shape index (κ2) is 9.49. The van der Waals surface area contributed by atoms with Gasteiger partial charge in [-0.1, -0.05) is 24.8 Å². The molecule has 6 nitrogen and oxygen atoms in total. The summed E-state index contributed by atoms with van der Waals surface area (Å²) in [5, 5.41) is 11.7. The Morgan fingerprint density at radius 1 is 1.33 bits per heavy atom. The second-order valence-electron chi connectivity index (χ2n) is 7.68. The normalized spacial score (nSPS) is 16.4. The highest BCUT2D eigenvalue weighted by Crippen LogP contribution is 2.29. The maximum Gasteiger partial charge on any atom is 0.192 e. The zero-order valence-corrected chi connectivity index (χ0v) is 19.4. The molecule has 0 saturated carbocycles. The molecule has 0 N–H and O–H groups in total. The average Bonchev–Trinajstić information content (AvgIpc) is 3.52. The number of thiophene rings is 1. The largest absolute Gasteiger partial charge is 0.376 e. The molecule has 0 aliphatic carbocycles. The Balaban J connectivity index is 1.53. The Hall–Kier alpha value is -1.90. The van der Waals surface area contributed by atoms with Gasteiger partial charge in [0.15, 0.2) is 16.8 Å². The molecule has 0 radical (unpaired) electrons. The number of ether oxygens (including phenoxy) is 1. The van der Waals surface area contributed by atoms with Crippen LogP contribution in [0.25, 0.3) is 10.7 Å². The molecule has 0 aromatic carbocycles. The third-order valence-electron chi connectivity index (χ3n) is 5.52. The van der Waals surface area contributed by atoms with E-state index in [2.05, 4.69) is 39.2 Å². The first-order chi connectivity index (χ1) is 14.6. The molecule has 3 aromatic heterocycles. The number of ketones is 1. The fraction of sp³-hybridized carbons (Fsp3) is 0.500. The van der Waals surface area contributed by atoms with Gasteiger partial charge in [0.05, 0.1) is 23.3 Å². The van der Waals surface area contributed by atoms with Crippen molar-refractivity contribution in [3.05, 3.63) is 40.5 Å². The maximum absolute atomic E-state index is 13.0. The summed E-state index contributed by atoms with van der Waals surface area (Å²) < 4.78 is 10.2. The summed E-state index contributed by atoms with van der Waals surface area (Å²) in [4.78, 5) is 14.1. The van der Waals surface area contributed by atoms with Crippen LogP contribution in [0.5, 0.6) is 0 Å². The van der Waals surface area contributed by atoms with E-state index < -0.39 is 0 Å². The van der Waals surface area contributed by atoms with E-state index in [-0.39, 0.29) is 11.9 Å². The molecule has 4 heterocycles. The van der Waals surface area contributed by atoms with Gasteiger partial charge in [0.2, 0.25) is 0 Å². The maximum atomic E-state index is 13.0. The number of nitrogens with zero attached hydrogens (tertiary/aromatic N) is 4. The summed E-state index contributed by atoms with van der Waals surface area (Å²) in [6.45, 7) is 8.74. The third-order valence-corrected chi connectivity index (χ3v) is 7.35. The standard InChI is InChI=1S/C22H28N4O2S2/c1-4-9-25-15(2)12-18(16(25)3)19(27)14-30-22-24-23-21(20-8-6-11-29-20)26(22)13-17-7-5-10-28-17/h6,8,11-12,17H,4-5,7,9-10,13-14H2,1-3H3. The van der Waals surface area contributed by atoms with Gasteiger partial charge in [-0.3, -0.25) is 9.36 Å². The Morgan fingerprint density at radius 3 is 2.90 bits per heavy atom. The van der Waals surface area contributed by atoms with Crippen LogP contribution in [0.1, 0.15) is 47.9 Å². The van der Waals surface area contributed by atoms with Crippen molar-refractivity contribution in [1.29, 1.82) is 0 Å². The lowest BCUT2D eigenvalue weighted by Crippen LogP contribution is -2.17. The van der Waals surface area contributed by atoms with E-state index in [1.165, 1.54) is 11.8 Å². The molecule has 1 atom stereocenters. The Bertz CT molecular complexity index is 1000. The molecule has 1 aliphatic rings. The summed E-state index contributed by atoms with van der Waals surface area (Å²) in [5.74, 6) is 1.35. The highest BCUT2D eigenvalue weighted by atomic mass is 32.2. The van der Waals surface area contributed by atoms with Gasteiger partial charge in [-0.15, -0.1) is 21.5 Å². The molecule has 1 saturated heterocycles. The minimum atomic E-state index is 0.139. The quantitative estimate of drug-likeness (QED) is 0.344. The number of hydrogen-bond acceptors (Lipinski definition) is 6. The van der Waals surface area contributed by atoms with Crippen LogP contribution in [0.3, 0.4) is 0 Å². The fourth-order valence-corrected chi connectivity index (χ4v) is 5.55. The van der Waals surface area contributed by atoms with Crippen molar-refractivity contribution in [3.8, 4) is 10.7 Å². The topological polar surface area (TPSA) is 61.9 Å². The van der Waals surface area contributed by atoms with Gasteiger partial charge >= 0.3 is 0 Å². The first-order valence-corrected chi connectivity index (χ1v) is 12.4. The molecule has 8 heteroatoms. The molecule has 0 bridgehead atoms. The van der Waals surface area contributed by atoms with Crippen molar-refractivity contribution < 1.29 is 9.53 Å². The fourth-order valence-electron chi connectivity index (χ4n) is 4.00. The Kier molecular flexibility index (Phi) is 6.75. The number of hydrogen-bond donors (Lipinski definition) is 0. The van der Waals surface area contributed by atoms with Gasteiger partial charge in [-0.05, 0) is 50.6 Å². The molecule has 1 unspecified atom stereocenters. The van der Waals surface area contributed by atoms with Crippen molar-refractivity contribution in [2.24, 2.45) is 0 Å². The van der Waals surface area contributed by atoms with Crippen molar-refractivity contribution in [3.63, 3.8) is 0 Å². The van der Waals surface area contributed by atoms with Crippen LogP contribution in [-0.4, -0.2) is 43.6 Å². The van der Waals surface area contributed by atoms with Crippen molar-refractivity contribution >= 4 is 28.9 Å². The summed E-state index contributed by atoms with van der Waals surface area (Å²) in [5.41, 5.74) is 3.02. The zero-order chi connectivity index (χ0) is 21.1. The van der Waals surface area contributed by atoms with Crippen LogP contribution in [0.15, 0.2) is 28.7 Å². The third kappa shape index (κ3) is 4.40. The van der Waals surface area contributed by atoms with E-state index in [9.17, 15) is 4.79 Å². The highest BCUT2D eigenvalue weighted by molar-refractivity contribution is 7.99. The summed E-state index contributed by atoms with van der Waals surface area (Å²) in [6.07, 6.45) is 3.38. The molecular weight excluding hydrogens is 416 g/mol. The molecule has 3 aromatic rings. The number of Topliss-reactive ketones (excluding diaryl/α,β-unsaturated/α-hetero) is 1. The Morgan fingerprint density at radius 2 is 2.20 bits per heavy atom. The van der Waals surface area contributed by atoms with Crippen LogP contribution in [0.2, 0.25) is 0 Å². The molecule has 0 spiro atoms. The molecule has 0 amide bonds. The highest BCUT2D eigenvalue weighted by Gasteiger charge is 2.23. The zero-order valence-electron chi connectivity index (χ0n) is 17.8. The van der Waals surface area contributed by atoms with E-state index in [0.717, 1.165) is 71.8 Å². The monoisotopic (exact) mass is 444 g/mol. The van der Waals surface area contributed by atoms with Crippen LogP contribution >= 0.6 is 23.1 Å². The first-order valence-electron chi connectivity index (χ1n) is 10.5. The number of carbonyl (C=O) groups excluding carboxylic acids is 1. The second-order valence-corrected chi connectivity index (χ2v) is 9.57. The van der Waals surface area contributed by atoms with Crippen LogP contribution < -0.4 is 0 Å². The van der Waals surface area contributed by atoms with Crippen LogP contribution in [0, 0.1) is 13.8 Å². The van der Waals surface area contributed by atoms with Gasteiger partial charge in [0.1, 0.15) is 0 Å². The average molecular weight is 445 g/mol. The summed E-state index contributed by atoms with van der Waals surface area (Å²) in [7, 11) is 0. The molecule has 1 fully saturated rings. The Labute approximate surface area is 185 Å². The first kappa shape index (κ1) is 21.3. The minimum Gasteiger partial charge on any atom is -0.376 e. The van der Waals surface area contributed by atoms with E-state index in [1.54, 1.807) is 11.3 Å². The number of thioether (sulfide) groups is 1. The van der Waals surface area contributed by atoms with Crippen LogP contribution in [-0.2, 0) is 17.8 Å². The van der Waals surface area contributed by atoms with E-state index >= 15 is 0 Å². The molecule has 1 aliphatic heterocycles. The predicted molar refractivity (Wildman–Crippen MR) is 122 cm³/mol. The van der Waals surface area contributed by atoms with Crippen molar-refractivity contribution in [1.82, 2.24) is 19.3 Å². The van der Waals surface area contributed by atoms with Gasteiger partial charge in [0.25, 0.3) is 0 Å². The smallest absolute Gasteiger partial charge is 0.192 e.